The summed E-state index contributed by atoms with van der Waals surface area (Å²) in [4.78, 5) is 69.6. The fourth-order valence-corrected chi connectivity index (χ4v) is 6.99. The molecule has 0 saturated heterocycles. The number of hydrogen-bond donors (Lipinski definition) is 7. The summed E-state index contributed by atoms with van der Waals surface area (Å²) in [5.41, 5.74) is 8.67. The molecule has 2 aliphatic heterocycles. The molecule has 2 heterocycles. The van der Waals surface area contributed by atoms with Crippen LogP contribution in [0.4, 0.5) is 9.59 Å². The standard InChI is InChI=1S/C24H43N3O9P2.C20H35N3O7/c1-10-14(28)17(32-9)16-12(2)13(11-15(33-16)18(29)34-22(37)38)25-19(26-20(30)35-23(3,4)5)27-21(31)36-24(6,7)8;1-4-5-6-7-8-9-16(25)29-11-14(24)18(28-3)17-12(2)13(23-20(21)22)10-15(30-17)19(26)27/h11-14,16-17,22,28H,10,37-38H2,1-9H3,(H2,25,26,27,30,31);10,12-14,17-18,24H,4-9,11H2,1-3H3,(H,26,27)(H4,21,22,23)/t12-,13+,14-,16-,17-;12-,13+,14-,17-,18-/m11/s1. The van der Waals surface area contributed by atoms with E-state index < -0.39 is 107 Å². The highest BCUT2D eigenvalue weighted by molar-refractivity contribution is 7.37. The number of carboxylic acids is 1. The van der Waals surface area contributed by atoms with Gasteiger partial charge in [-0.05, 0) is 66.5 Å². The molecule has 390 valence electrons. The summed E-state index contributed by atoms with van der Waals surface area (Å²) in [5, 5.41) is 35.3. The highest BCUT2D eigenvalue weighted by Gasteiger charge is 2.44. The van der Waals surface area contributed by atoms with Gasteiger partial charge >= 0.3 is 30.1 Å². The van der Waals surface area contributed by atoms with E-state index in [9.17, 15) is 39.3 Å². The second-order valence-electron chi connectivity index (χ2n) is 18.2. The third-order valence-electron chi connectivity index (χ3n) is 10.0. The van der Waals surface area contributed by atoms with Crippen LogP contribution >= 0.6 is 18.5 Å². The number of hydrogen-bond acceptors (Lipinski definition) is 17. The molecule has 2 unspecified atom stereocenters. The molecular weight excluding hydrogens is 930 g/mol. The Balaban J connectivity index is 0.000000699. The van der Waals surface area contributed by atoms with Gasteiger partial charge in [-0.25, -0.2) is 29.2 Å². The molecule has 0 fully saturated rings. The third kappa shape index (κ3) is 22.9. The van der Waals surface area contributed by atoms with Gasteiger partial charge in [-0.1, -0.05) is 71.9 Å². The maximum atomic E-state index is 12.7. The number of aliphatic hydroxyl groups excluding tert-OH is 2. The zero-order chi connectivity index (χ0) is 52.1. The Bertz CT molecular complexity index is 1730. The molecule has 68 heavy (non-hydrogen) atoms. The monoisotopic (exact) mass is 1010 g/mol. The molecule has 2 rings (SSSR count). The van der Waals surface area contributed by atoms with Gasteiger partial charge < -0.3 is 64.7 Å². The van der Waals surface area contributed by atoms with Crippen molar-refractivity contribution in [1.82, 2.24) is 10.6 Å². The molecule has 0 aromatic carbocycles. The van der Waals surface area contributed by atoms with Crippen LogP contribution in [-0.2, 0) is 52.3 Å². The van der Waals surface area contributed by atoms with Crippen LogP contribution in [0.5, 0.6) is 0 Å². The van der Waals surface area contributed by atoms with E-state index >= 15 is 0 Å². The van der Waals surface area contributed by atoms with Crippen LogP contribution in [0.15, 0.2) is 33.7 Å². The number of nitrogens with two attached hydrogens (primary N) is 2. The van der Waals surface area contributed by atoms with Gasteiger partial charge in [-0.2, -0.15) is 0 Å². The Hall–Kier alpha value is -4.33. The van der Waals surface area contributed by atoms with Crippen molar-refractivity contribution in [2.24, 2.45) is 33.3 Å². The first-order chi connectivity index (χ1) is 31.6. The average Bonchev–Trinajstić information content (AvgIpc) is 3.21. The van der Waals surface area contributed by atoms with Crippen LogP contribution < -0.4 is 22.1 Å². The number of amides is 2. The van der Waals surface area contributed by atoms with Crippen molar-refractivity contribution in [1.29, 1.82) is 0 Å². The van der Waals surface area contributed by atoms with E-state index in [4.69, 9.17) is 49.4 Å². The molecule has 0 saturated carbocycles. The number of aliphatic carboxylic acids is 1. The predicted octanol–water partition coefficient (Wildman–Crippen LogP) is 3.95. The van der Waals surface area contributed by atoms with Crippen LogP contribution in [0.3, 0.4) is 0 Å². The van der Waals surface area contributed by atoms with E-state index in [-0.39, 0.29) is 36.5 Å². The highest BCUT2D eigenvalue weighted by Crippen LogP contribution is 2.33. The number of nitrogens with zero attached hydrogens (tertiary/aromatic N) is 2. The molecule has 0 radical (unpaired) electrons. The molecule has 0 spiro atoms. The second kappa shape index (κ2) is 29.6. The van der Waals surface area contributed by atoms with Gasteiger partial charge in [0.25, 0.3) is 0 Å². The first kappa shape index (κ1) is 61.7. The first-order valence-corrected chi connectivity index (χ1v) is 23.9. The number of methoxy groups -OCH3 is 2. The van der Waals surface area contributed by atoms with Crippen LogP contribution in [0, 0.1) is 11.8 Å². The van der Waals surface area contributed by atoms with Crippen LogP contribution in [0.1, 0.15) is 114 Å². The Kier molecular flexibility index (Phi) is 26.9. The summed E-state index contributed by atoms with van der Waals surface area (Å²) in [6, 6.07) is -1.50. The zero-order valence-corrected chi connectivity index (χ0v) is 43.8. The van der Waals surface area contributed by atoms with Crippen LogP contribution in [0.2, 0.25) is 0 Å². The zero-order valence-electron chi connectivity index (χ0n) is 41.5. The number of unbranched alkanes of at least 4 members (excludes halogenated alkanes) is 4. The number of carboxylic acid groups (broad SMARTS) is 1. The van der Waals surface area contributed by atoms with Gasteiger partial charge in [-0.3, -0.25) is 15.4 Å². The number of rotatable bonds is 20. The van der Waals surface area contributed by atoms with E-state index in [1.807, 2.05) is 0 Å². The summed E-state index contributed by atoms with van der Waals surface area (Å²) < 4.78 is 43.3. The first-order valence-electron chi connectivity index (χ1n) is 22.5. The smallest absolute Gasteiger partial charge is 0.414 e. The summed E-state index contributed by atoms with van der Waals surface area (Å²) in [6.07, 6.45) is 1.07. The summed E-state index contributed by atoms with van der Waals surface area (Å²) in [5.74, 6) is -4.32. The quantitative estimate of drug-likeness (QED) is 0.0227. The fourth-order valence-electron chi connectivity index (χ4n) is 6.74. The minimum atomic E-state index is -1.29. The van der Waals surface area contributed by atoms with E-state index in [1.54, 1.807) is 62.3 Å². The number of aliphatic imine (C=N–C) groups is 2. The fraction of sp³-hybridized carbons (Fsp3) is 0.750. The molecule has 0 aromatic heterocycles. The molecule has 9 N–H and O–H groups in total. The van der Waals surface area contributed by atoms with Crippen molar-refractivity contribution in [3.8, 4) is 0 Å². The highest BCUT2D eigenvalue weighted by atomic mass is 31.1. The number of carbonyl (C=O) groups is 5. The summed E-state index contributed by atoms with van der Waals surface area (Å²) >= 11 is 0. The van der Waals surface area contributed by atoms with Crippen molar-refractivity contribution >= 4 is 60.5 Å². The second-order valence-corrected chi connectivity index (χ2v) is 20.3. The molecule has 0 aliphatic carbocycles. The molecular formula is C44H78N6O16P2. The molecule has 0 bridgehead atoms. The SMILES string of the molecule is CCCCCCCC(=O)OC[C@@H](O)[C@@H](OC)[C@@H]1OC(C(=O)O)=C[C@H](N=C(N)N)[C@H]1C.CC[C@@H](O)[C@@H](OC)[C@@H]1OC(C(=O)OC(P)P)=C[C@H](N=C(NC(=O)OC(C)(C)C)NC(=O)OC(C)(C)C)[C@H]1C. The minimum absolute atomic E-state index is 0.156. The number of guanidine groups is 2. The van der Waals surface area contributed by atoms with Crippen molar-refractivity contribution in [2.45, 2.75) is 180 Å². The topological polar surface area (TPSA) is 321 Å². The van der Waals surface area contributed by atoms with Crippen molar-refractivity contribution < 1.29 is 77.2 Å². The van der Waals surface area contributed by atoms with Crippen LogP contribution in [-0.4, -0.2) is 144 Å². The maximum absolute atomic E-state index is 12.7. The normalized spacial score (nSPS) is 22.0. The number of esters is 2. The van der Waals surface area contributed by atoms with Crippen molar-refractivity contribution in [2.75, 3.05) is 20.8 Å². The summed E-state index contributed by atoms with van der Waals surface area (Å²) in [6.45, 7) is 17.2. The number of carbonyl (C=O) groups excluding carboxylic acids is 4. The molecule has 22 nitrogen and oxygen atoms in total. The maximum Gasteiger partial charge on any atom is 0.414 e. The van der Waals surface area contributed by atoms with Gasteiger partial charge in [0.2, 0.25) is 17.5 Å². The van der Waals surface area contributed by atoms with Gasteiger partial charge in [0.1, 0.15) is 53.9 Å². The van der Waals surface area contributed by atoms with E-state index in [2.05, 4.69) is 46.0 Å². The lowest BCUT2D eigenvalue weighted by molar-refractivity contribution is -0.161. The van der Waals surface area contributed by atoms with E-state index in [0.717, 1.165) is 32.1 Å². The van der Waals surface area contributed by atoms with Gasteiger partial charge in [0.15, 0.2) is 5.96 Å². The molecule has 2 aliphatic rings. The number of aliphatic hydroxyl groups is 2. The average molecular weight is 1010 g/mol. The lowest BCUT2D eigenvalue weighted by Gasteiger charge is -2.38. The third-order valence-corrected chi connectivity index (χ3v) is 10.3. The Morgan fingerprint density at radius 1 is 0.765 bits per heavy atom. The number of ether oxygens (including phenoxy) is 8. The predicted molar refractivity (Wildman–Crippen MR) is 259 cm³/mol. The lowest BCUT2D eigenvalue weighted by Crippen LogP contribution is -2.51. The molecule has 0 aromatic rings. The van der Waals surface area contributed by atoms with Gasteiger partial charge in [0.05, 0.1) is 18.2 Å². The minimum Gasteiger partial charge on any atom is -0.480 e. The number of nitrogens with one attached hydrogen (secondary N) is 2. The Morgan fingerprint density at radius 2 is 1.24 bits per heavy atom. The number of alkyl carbamates (subject to hydrolysis) is 2. The summed E-state index contributed by atoms with van der Waals surface area (Å²) in [7, 11) is 7.40. The Morgan fingerprint density at radius 3 is 1.68 bits per heavy atom. The van der Waals surface area contributed by atoms with Gasteiger partial charge in [0, 0.05) is 32.5 Å². The largest absolute Gasteiger partial charge is 0.480 e. The lowest BCUT2D eigenvalue weighted by atomic mass is 9.87. The Labute approximate surface area is 404 Å². The molecule has 2 amide bonds. The molecule has 24 heteroatoms. The van der Waals surface area contributed by atoms with Gasteiger partial charge in [-0.15, -0.1) is 0 Å². The molecule has 12 atom stereocenters. The van der Waals surface area contributed by atoms with E-state index in [1.165, 1.54) is 26.4 Å². The van der Waals surface area contributed by atoms with Crippen molar-refractivity contribution in [3.63, 3.8) is 0 Å². The van der Waals surface area contributed by atoms with Crippen molar-refractivity contribution in [3.05, 3.63) is 23.7 Å². The van der Waals surface area contributed by atoms with Crippen LogP contribution in [0.25, 0.3) is 0 Å². The van der Waals surface area contributed by atoms with E-state index in [0.29, 0.717) is 6.42 Å².